The van der Waals surface area contributed by atoms with Gasteiger partial charge in [-0.2, -0.15) is 0 Å². The van der Waals surface area contributed by atoms with Crippen LogP contribution in [-0.4, -0.2) is 54.5 Å². The van der Waals surface area contributed by atoms with Crippen LogP contribution in [0, 0.1) is 0 Å². The summed E-state index contributed by atoms with van der Waals surface area (Å²) in [7, 11) is -4.32. The van der Waals surface area contributed by atoms with Crippen LogP contribution in [0.1, 0.15) is 155 Å². The second kappa shape index (κ2) is 37.7. The van der Waals surface area contributed by atoms with Gasteiger partial charge in [-0.1, -0.05) is 146 Å². The van der Waals surface area contributed by atoms with Gasteiger partial charge < -0.3 is 25.2 Å². The molecular weight excluding hydrogens is 665 g/mol. The number of rotatable bonds is 37. The zero-order chi connectivity index (χ0) is 37.5. The fourth-order valence-electron chi connectivity index (χ4n) is 5.10. The molecule has 9 nitrogen and oxygen atoms in total. The highest BCUT2D eigenvalue weighted by atomic mass is 31.2. The molecule has 0 fully saturated rings. The molecule has 0 heterocycles. The molecule has 3 atom stereocenters. The van der Waals surface area contributed by atoms with Gasteiger partial charge in [0.05, 0.1) is 25.6 Å². The fraction of sp³-hybridized carbons (Fsp3) is 0.732. The molecule has 10 heteroatoms. The lowest BCUT2D eigenvalue weighted by Crippen LogP contribution is -2.27. The molecule has 51 heavy (non-hydrogen) atoms. The summed E-state index contributed by atoms with van der Waals surface area (Å²) < 4.78 is 33.0. The van der Waals surface area contributed by atoms with Crippen molar-refractivity contribution in [2.24, 2.45) is 5.73 Å². The van der Waals surface area contributed by atoms with E-state index in [1.165, 1.54) is 89.9 Å². The molecule has 0 bridgehead atoms. The molecule has 0 aromatic heterocycles. The molecule has 0 saturated carbocycles. The van der Waals surface area contributed by atoms with E-state index in [1.807, 2.05) is 42.5 Å². The van der Waals surface area contributed by atoms with Gasteiger partial charge in [0.25, 0.3) is 0 Å². The van der Waals surface area contributed by atoms with E-state index in [9.17, 15) is 19.4 Å². The first-order valence-electron chi connectivity index (χ1n) is 19.9. The topological polar surface area (TPSA) is 138 Å². The van der Waals surface area contributed by atoms with E-state index in [0.717, 1.165) is 25.7 Å². The second-order valence-electron chi connectivity index (χ2n) is 13.1. The Labute approximate surface area is 311 Å². The number of ether oxygens (including phenoxy) is 2. The van der Waals surface area contributed by atoms with Crippen molar-refractivity contribution in [3.05, 3.63) is 60.9 Å². The fourth-order valence-corrected chi connectivity index (χ4v) is 5.86. The monoisotopic (exact) mass is 740 g/mol. The van der Waals surface area contributed by atoms with E-state index >= 15 is 0 Å². The van der Waals surface area contributed by atoms with E-state index in [-0.39, 0.29) is 32.8 Å². The minimum atomic E-state index is -4.32. The lowest BCUT2D eigenvalue weighted by atomic mass is 10.0. The van der Waals surface area contributed by atoms with Crippen LogP contribution in [0.4, 0.5) is 0 Å². The maximum Gasteiger partial charge on any atom is 0.472 e. The predicted octanol–water partition coefficient (Wildman–Crippen LogP) is 10.7. The summed E-state index contributed by atoms with van der Waals surface area (Å²) in [5.74, 6) is -0.434. The molecule has 0 aliphatic carbocycles. The number of allylic oxidation sites excluding steroid dienone is 7. The number of phosphoric acid groups is 1. The third-order valence-electron chi connectivity index (χ3n) is 8.08. The zero-order valence-electron chi connectivity index (χ0n) is 32.2. The summed E-state index contributed by atoms with van der Waals surface area (Å²) in [6.45, 7) is 4.04. The molecular formula is C41H74NO8P. The van der Waals surface area contributed by atoms with Crippen molar-refractivity contribution in [3.8, 4) is 0 Å². The number of hydrogen-bond donors (Lipinski definition) is 3. The standard InChI is InChI=1S/C41H74NO8P/c1-3-5-7-9-11-12-13-14-15-16-19-22-26-30-35-47-37-40(38-49-51(45,46)48-36-34-42)50-41(44)33-29-25-21-18-17-20-24-28-32-39(43)31-27-23-10-8-6-4-2/h18,20-21,23-24,27-28,30,32,35,39-40,43H,3-17,19,22,25-26,29,31,33-34,36-38,42H2,1-2H3,(H,45,46)/b21-18-,24-20-,27-23-,32-28+,35-30-/t39-,40?/m0/s1. The summed E-state index contributed by atoms with van der Waals surface area (Å²) in [6.07, 6.45) is 42.2. The average molecular weight is 740 g/mol. The second-order valence-corrected chi connectivity index (χ2v) is 14.5. The number of unbranched alkanes of at least 4 members (excludes halogenated alkanes) is 16. The third-order valence-corrected chi connectivity index (χ3v) is 9.07. The van der Waals surface area contributed by atoms with Gasteiger partial charge in [0.15, 0.2) is 6.10 Å². The number of carbonyl (C=O) groups excluding carboxylic acids is 1. The largest absolute Gasteiger partial charge is 0.498 e. The van der Waals surface area contributed by atoms with Gasteiger partial charge in [-0.25, -0.2) is 4.57 Å². The van der Waals surface area contributed by atoms with Crippen LogP contribution in [0.25, 0.3) is 0 Å². The van der Waals surface area contributed by atoms with Crippen molar-refractivity contribution in [2.45, 2.75) is 167 Å². The quantitative estimate of drug-likeness (QED) is 0.0142. The first-order valence-corrected chi connectivity index (χ1v) is 21.4. The Morgan fingerprint density at radius 3 is 1.98 bits per heavy atom. The highest BCUT2D eigenvalue weighted by molar-refractivity contribution is 7.47. The maximum atomic E-state index is 12.5. The van der Waals surface area contributed by atoms with Crippen LogP contribution in [0.5, 0.6) is 0 Å². The lowest BCUT2D eigenvalue weighted by Gasteiger charge is -2.19. The summed E-state index contributed by atoms with van der Waals surface area (Å²) in [4.78, 5) is 22.4. The Morgan fingerprint density at radius 2 is 1.29 bits per heavy atom. The molecule has 0 aliphatic rings. The Hall–Kier alpha value is -2.00. The van der Waals surface area contributed by atoms with Crippen LogP contribution in [0.15, 0.2) is 60.9 Å². The van der Waals surface area contributed by atoms with Crippen LogP contribution in [0.3, 0.4) is 0 Å². The van der Waals surface area contributed by atoms with Gasteiger partial charge in [0.1, 0.15) is 6.61 Å². The van der Waals surface area contributed by atoms with Crippen molar-refractivity contribution >= 4 is 13.8 Å². The zero-order valence-corrected chi connectivity index (χ0v) is 33.1. The van der Waals surface area contributed by atoms with Crippen molar-refractivity contribution in [2.75, 3.05) is 26.4 Å². The Kier molecular flexibility index (Phi) is 36.3. The molecule has 0 spiro atoms. The van der Waals surface area contributed by atoms with Gasteiger partial charge >= 0.3 is 13.8 Å². The normalized spacial score (nSPS) is 14.8. The van der Waals surface area contributed by atoms with E-state index in [1.54, 1.807) is 12.3 Å². The molecule has 0 aromatic rings. The summed E-state index contributed by atoms with van der Waals surface area (Å²) >= 11 is 0. The van der Waals surface area contributed by atoms with E-state index in [2.05, 4.69) is 19.9 Å². The van der Waals surface area contributed by atoms with E-state index < -0.39 is 26.0 Å². The molecule has 0 rings (SSSR count). The molecule has 2 unspecified atom stereocenters. The minimum absolute atomic E-state index is 0.00890. The molecule has 0 aromatic carbocycles. The van der Waals surface area contributed by atoms with Crippen LogP contribution in [-0.2, 0) is 27.9 Å². The van der Waals surface area contributed by atoms with Crippen molar-refractivity contribution in [1.29, 1.82) is 0 Å². The first kappa shape index (κ1) is 49.0. The molecule has 0 amide bonds. The van der Waals surface area contributed by atoms with Gasteiger partial charge in [-0.3, -0.25) is 13.8 Å². The van der Waals surface area contributed by atoms with E-state index in [0.29, 0.717) is 19.3 Å². The lowest BCUT2D eigenvalue weighted by molar-refractivity contribution is -0.153. The van der Waals surface area contributed by atoms with Gasteiger partial charge in [0, 0.05) is 13.0 Å². The molecule has 0 radical (unpaired) electrons. The number of aliphatic hydroxyl groups is 1. The minimum Gasteiger partial charge on any atom is -0.498 e. The van der Waals surface area contributed by atoms with Crippen LogP contribution < -0.4 is 5.73 Å². The Morgan fingerprint density at radius 1 is 0.706 bits per heavy atom. The molecule has 4 N–H and O–H groups in total. The number of hydrogen-bond acceptors (Lipinski definition) is 8. The van der Waals surface area contributed by atoms with Crippen LogP contribution in [0.2, 0.25) is 0 Å². The Bertz CT molecular complexity index is 981. The highest BCUT2D eigenvalue weighted by Crippen LogP contribution is 2.43. The number of phosphoric ester groups is 1. The summed E-state index contributed by atoms with van der Waals surface area (Å²) in [5, 5.41) is 10.0. The van der Waals surface area contributed by atoms with Crippen molar-refractivity contribution < 1.29 is 37.9 Å². The van der Waals surface area contributed by atoms with E-state index in [4.69, 9.17) is 24.3 Å². The Balaban J connectivity index is 4.32. The maximum absolute atomic E-state index is 12.5. The highest BCUT2D eigenvalue weighted by Gasteiger charge is 2.25. The number of carbonyl (C=O) groups is 1. The molecule has 296 valence electrons. The number of esters is 1. The van der Waals surface area contributed by atoms with Gasteiger partial charge in [0.2, 0.25) is 0 Å². The summed E-state index contributed by atoms with van der Waals surface area (Å²) in [6, 6.07) is 0. The van der Waals surface area contributed by atoms with Crippen molar-refractivity contribution in [3.63, 3.8) is 0 Å². The van der Waals surface area contributed by atoms with Crippen LogP contribution >= 0.6 is 7.82 Å². The predicted molar refractivity (Wildman–Crippen MR) is 211 cm³/mol. The molecule has 0 aliphatic heterocycles. The number of aliphatic hydroxyl groups excluding tert-OH is 1. The van der Waals surface area contributed by atoms with Crippen molar-refractivity contribution in [1.82, 2.24) is 0 Å². The number of nitrogens with two attached hydrogens (primary N) is 1. The smallest absolute Gasteiger partial charge is 0.472 e. The first-order chi connectivity index (χ1) is 24.8. The van der Waals surface area contributed by atoms with Gasteiger partial charge in [-0.05, 0) is 57.4 Å². The molecule has 0 saturated heterocycles. The summed E-state index contributed by atoms with van der Waals surface area (Å²) in [5.41, 5.74) is 5.34. The third kappa shape index (κ3) is 37.6. The SMILES string of the molecule is CCCCC/C=C\C[C@H](O)/C=C/C=C\C/C=C\CCCC(=O)OC(CO/C=C\CCCCCCCCCCCCCC)COP(=O)(O)OCCN. The van der Waals surface area contributed by atoms with Gasteiger partial charge in [-0.15, -0.1) is 0 Å². The average Bonchev–Trinajstić information content (AvgIpc) is 3.11.